The number of aromatic nitrogens is 2. The first-order valence-corrected chi connectivity index (χ1v) is 57.8. The number of fused-ring (bicyclic) bond motifs is 14. The van der Waals surface area contributed by atoms with E-state index in [2.05, 4.69) is 497 Å². The number of benzene rings is 18. The van der Waals surface area contributed by atoms with Crippen molar-refractivity contribution < 1.29 is 0 Å². The SMILES string of the molecule is Cc1ccccc1N(c1ccc([Si](C)(C)C)cc1)c1cc2c(c3ccccc13)c1c3ccccc3c(N(c3ccc([Si](C)(C)C)cc3)c3cccc(-c4cccc(N(c5ccc([Si](C)(C)C)cc5)c5cc6c(c7ccccc57)c5c7ccccc7c(N(c7ccccc7)c7ccc([Si](C)(C)C)cc7)cc5n6-c5ccccc5)c4)c3C)cc1n2-c1ccccc1. The van der Waals surface area contributed by atoms with Gasteiger partial charge < -0.3 is 28.7 Å². The molecule has 124 heavy (non-hydrogen) atoms. The Labute approximate surface area is 733 Å². The molecule has 18 aromatic carbocycles. The topological polar surface area (TPSA) is 22.8 Å². The predicted molar refractivity (Wildman–Crippen MR) is 551 cm³/mol. The summed E-state index contributed by atoms with van der Waals surface area (Å²) in [5.41, 5.74) is 24.6. The molecule has 0 aliphatic rings. The van der Waals surface area contributed by atoms with Gasteiger partial charge in [0.15, 0.2) is 0 Å². The van der Waals surface area contributed by atoms with Crippen LogP contribution in [0, 0.1) is 13.8 Å². The molecule has 0 N–H and O–H groups in total. The average molecular weight is 1670 g/mol. The van der Waals surface area contributed by atoms with Crippen LogP contribution in [-0.2, 0) is 0 Å². The Morgan fingerprint density at radius 2 is 0.468 bits per heavy atom. The number of hydrogen-bond donors (Lipinski definition) is 0. The molecule has 0 aliphatic heterocycles. The smallest absolute Gasteiger partial charge is 0.0775 e. The highest BCUT2D eigenvalue weighted by Gasteiger charge is 2.32. The van der Waals surface area contributed by atoms with E-state index in [0.29, 0.717) is 0 Å². The summed E-state index contributed by atoms with van der Waals surface area (Å²) in [6, 6.07) is 143. The third-order valence-electron chi connectivity index (χ3n) is 25.8. The standard InChI is InChI=1S/C114H104N6Si4/c1-77-36-24-33-54-101(77)117(85-60-68-90(69-61-85)123(9,10)11)105-75-109-113(99-51-31-27-47-95(99)105)114-100-52-32-28-48-96(100)106(76-110(114)120(109)82-42-22-17-23-43-82)118(86-62-70-91(71-63-86)124(12,13)14)102-55-35-53-92(78(102)2)79-37-34-44-87(72-79)116(84-58-66-89(67-59-84)122(6,7)8)104-74-108-112(98-50-30-26-46-94(98)104)111-97-49-29-25-45-93(97)103(73-107(111)119(108)81-40-20-16-21-41-81)115(80-38-18-15-19-39-80)83-56-64-88(65-57-83)121(3,4)5/h15-76H,1-14H3. The quantitative estimate of drug-likeness (QED) is 0.0753. The summed E-state index contributed by atoms with van der Waals surface area (Å²) in [7, 11) is -6.74. The molecular formula is C114H104N6Si4. The van der Waals surface area contributed by atoms with E-state index in [1.54, 1.807) is 0 Å². The molecule has 0 radical (unpaired) electrons. The monoisotopic (exact) mass is 1670 g/mol. The zero-order chi connectivity index (χ0) is 85.2. The molecule has 2 heterocycles. The van der Waals surface area contributed by atoms with Gasteiger partial charge in [0.1, 0.15) is 0 Å². The van der Waals surface area contributed by atoms with Crippen LogP contribution in [0.3, 0.4) is 0 Å². The minimum atomic E-state index is -1.75. The molecule has 0 amide bonds. The van der Waals surface area contributed by atoms with Crippen LogP contribution in [0.1, 0.15) is 11.1 Å². The first-order chi connectivity index (χ1) is 59.9. The number of aryl methyl sites for hydroxylation is 1. The maximum Gasteiger partial charge on any atom is 0.0775 e. The molecule has 10 heteroatoms. The maximum atomic E-state index is 2.58. The molecule has 0 fully saturated rings. The van der Waals surface area contributed by atoms with Crippen LogP contribution < -0.4 is 40.3 Å². The molecule has 0 bridgehead atoms. The van der Waals surface area contributed by atoms with Crippen LogP contribution in [0.15, 0.2) is 376 Å². The summed E-state index contributed by atoms with van der Waals surface area (Å²) in [6.45, 7) is 33.9. The van der Waals surface area contributed by atoms with Crippen molar-refractivity contribution in [3.05, 3.63) is 387 Å². The van der Waals surface area contributed by atoms with Crippen molar-refractivity contribution >= 4 is 208 Å². The lowest BCUT2D eigenvalue weighted by Crippen LogP contribution is -2.37. The van der Waals surface area contributed by atoms with Crippen molar-refractivity contribution in [1.29, 1.82) is 0 Å². The average Bonchev–Trinajstić information content (AvgIpc) is 1.54. The van der Waals surface area contributed by atoms with Gasteiger partial charge in [0, 0.05) is 100.0 Å². The molecule has 0 atom stereocenters. The molecule has 6 nitrogen and oxygen atoms in total. The summed E-state index contributed by atoms with van der Waals surface area (Å²) < 4.78 is 5.11. The van der Waals surface area contributed by atoms with Gasteiger partial charge in [0.05, 0.1) is 77.1 Å². The Morgan fingerprint density at radius 3 is 0.823 bits per heavy atom. The minimum Gasteiger partial charge on any atom is -0.310 e. The fourth-order valence-electron chi connectivity index (χ4n) is 19.3. The summed E-state index contributed by atoms with van der Waals surface area (Å²) >= 11 is 0. The fourth-order valence-corrected chi connectivity index (χ4v) is 24.0. The van der Waals surface area contributed by atoms with Crippen LogP contribution >= 0.6 is 0 Å². The molecule has 20 aromatic rings. The van der Waals surface area contributed by atoms with Crippen LogP contribution in [0.25, 0.3) is 109 Å². The van der Waals surface area contributed by atoms with Crippen molar-refractivity contribution in [2.24, 2.45) is 0 Å². The van der Waals surface area contributed by atoms with Crippen LogP contribution in [0.2, 0.25) is 78.6 Å². The van der Waals surface area contributed by atoms with Crippen molar-refractivity contribution in [2.45, 2.75) is 92.4 Å². The van der Waals surface area contributed by atoms with Gasteiger partial charge in [-0.05, 0) is 191 Å². The molecule has 0 aliphatic carbocycles. The second-order valence-corrected chi connectivity index (χ2v) is 58.1. The van der Waals surface area contributed by atoms with Crippen LogP contribution in [0.4, 0.5) is 68.2 Å². The number of anilines is 12. The summed E-state index contributed by atoms with van der Waals surface area (Å²) in [6.07, 6.45) is 0. The summed E-state index contributed by atoms with van der Waals surface area (Å²) in [5, 5.41) is 20.1. The summed E-state index contributed by atoms with van der Waals surface area (Å²) in [5.74, 6) is 0. The molecule has 0 saturated heterocycles. The van der Waals surface area contributed by atoms with Crippen molar-refractivity contribution in [2.75, 3.05) is 19.6 Å². The first-order valence-electron chi connectivity index (χ1n) is 43.8. The number of nitrogens with zero attached hydrogens (tertiary/aromatic N) is 6. The van der Waals surface area contributed by atoms with Gasteiger partial charge >= 0.3 is 0 Å². The normalized spacial score (nSPS) is 12.3. The second-order valence-electron chi connectivity index (χ2n) is 37.8. The fraction of sp³-hybridized carbons (Fsp3) is 0.123. The zero-order valence-corrected chi connectivity index (χ0v) is 77.5. The van der Waals surface area contributed by atoms with E-state index in [9.17, 15) is 0 Å². The van der Waals surface area contributed by atoms with Gasteiger partial charge in [-0.25, -0.2) is 0 Å². The largest absolute Gasteiger partial charge is 0.310 e. The molecular weight excluding hydrogens is 1570 g/mol. The van der Waals surface area contributed by atoms with E-state index in [1.165, 1.54) is 80.2 Å². The van der Waals surface area contributed by atoms with Gasteiger partial charge in [0.2, 0.25) is 0 Å². The number of rotatable bonds is 19. The predicted octanol–water partition coefficient (Wildman–Crippen LogP) is 30.8. The molecule has 0 saturated carbocycles. The molecule has 20 rings (SSSR count). The second kappa shape index (κ2) is 30.9. The minimum absolute atomic E-state index is 1.06. The third-order valence-corrected chi connectivity index (χ3v) is 34.0. The van der Waals surface area contributed by atoms with Crippen LogP contribution in [-0.4, -0.2) is 41.4 Å². The van der Waals surface area contributed by atoms with Crippen molar-refractivity contribution in [3.63, 3.8) is 0 Å². The van der Waals surface area contributed by atoms with E-state index in [0.717, 1.165) is 129 Å². The van der Waals surface area contributed by atoms with E-state index in [1.807, 2.05) is 0 Å². The highest BCUT2D eigenvalue weighted by molar-refractivity contribution is 6.90. The van der Waals surface area contributed by atoms with Gasteiger partial charge in [-0.2, -0.15) is 0 Å². The number of para-hydroxylation sites is 4. The summed E-state index contributed by atoms with van der Waals surface area (Å²) in [4.78, 5) is 10.1. The van der Waals surface area contributed by atoms with Crippen molar-refractivity contribution in [3.8, 4) is 22.5 Å². The highest BCUT2D eigenvalue weighted by atomic mass is 28.3. The molecule has 0 spiro atoms. The molecule has 0 unspecified atom stereocenters. The highest BCUT2D eigenvalue weighted by Crippen LogP contribution is 2.54. The van der Waals surface area contributed by atoms with E-state index < -0.39 is 32.3 Å². The maximum absolute atomic E-state index is 2.58. The molecule has 2 aromatic heterocycles. The Hall–Kier alpha value is -13.3. The zero-order valence-electron chi connectivity index (χ0n) is 73.5. The van der Waals surface area contributed by atoms with E-state index in [4.69, 9.17) is 0 Å². The van der Waals surface area contributed by atoms with E-state index in [-0.39, 0.29) is 0 Å². The van der Waals surface area contributed by atoms with Crippen LogP contribution in [0.5, 0.6) is 0 Å². The number of hydrogen-bond acceptors (Lipinski definition) is 4. The van der Waals surface area contributed by atoms with Gasteiger partial charge in [-0.3, -0.25) is 0 Å². The van der Waals surface area contributed by atoms with Gasteiger partial charge in [-0.1, -0.05) is 342 Å². The molecule has 606 valence electrons. The lowest BCUT2D eigenvalue weighted by molar-refractivity contribution is 1.17. The Bertz CT molecular complexity index is 7520. The van der Waals surface area contributed by atoms with Gasteiger partial charge in [0.25, 0.3) is 0 Å². The lowest BCUT2D eigenvalue weighted by Gasteiger charge is -2.31. The lowest BCUT2D eigenvalue weighted by atomic mass is 9.95. The first kappa shape index (κ1) is 79.2. The Morgan fingerprint density at radius 1 is 0.202 bits per heavy atom. The van der Waals surface area contributed by atoms with Crippen molar-refractivity contribution in [1.82, 2.24) is 9.13 Å². The Balaban J connectivity index is 0.806. The van der Waals surface area contributed by atoms with E-state index >= 15 is 0 Å². The third kappa shape index (κ3) is 13.8. The Kier molecular flexibility index (Phi) is 19.7. The van der Waals surface area contributed by atoms with Gasteiger partial charge in [-0.15, -0.1) is 0 Å².